The van der Waals surface area contributed by atoms with Gasteiger partial charge in [0, 0.05) is 13.1 Å². The molecule has 1 aromatic carbocycles. The number of rotatable bonds is 6. The van der Waals surface area contributed by atoms with Gasteiger partial charge < -0.3 is 15.5 Å². The highest BCUT2D eigenvalue weighted by molar-refractivity contribution is 8.00. The Balaban J connectivity index is 1.59. The van der Waals surface area contributed by atoms with Gasteiger partial charge in [-0.25, -0.2) is 4.68 Å². The Kier molecular flexibility index (Phi) is 6.83. The van der Waals surface area contributed by atoms with Crippen LogP contribution in [-0.2, 0) is 11.4 Å². The lowest BCUT2D eigenvalue weighted by Gasteiger charge is -2.23. The first-order valence-electron chi connectivity index (χ1n) is 9.80. The third kappa shape index (κ3) is 4.98. The molecule has 2 heterocycles. The quantitative estimate of drug-likeness (QED) is 0.589. The number of hydrogen-bond acceptors (Lipinski definition) is 6. The van der Waals surface area contributed by atoms with Crippen molar-refractivity contribution in [1.82, 2.24) is 19.8 Å². The molecule has 1 aliphatic heterocycles. The smallest absolute Gasteiger partial charge is 0.235 e. The summed E-state index contributed by atoms with van der Waals surface area (Å²) < 4.78 is 7.26. The van der Waals surface area contributed by atoms with Gasteiger partial charge in [-0.3, -0.25) is 4.79 Å². The molecule has 7 nitrogen and oxygen atoms in total. The Morgan fingerprint density at radius 1 is 1.21 bits per heavy atom. The van der Waals surface area contributed by atoms with Crippen LogP contribution >= 0.6 is 11.8 Å². The summed E-state index contributed by atoms with van der Waals surface area (Å²) >= 11 is 1.34. The van der Waals surface area contributed by atoms with Gasteiger partial charge in [0.2, 0.25) is 11.1 Å². The Labute approximate surface area is 170 Å². The maximum atomic E-state index is 12.7. The fourth-order valence-electron chi connectivity index (χ4n) is 3.35. The first-order valence-corrected chi connectivity index (χ1v) is 10.7. The topological polar surface area (TPSA) is 86.3 Å². The van der Waals surface area contributed by atoms with E-state index in [9.17, 15) is 4.79 Å². The average molecular weight is 404 g/mol. The number of nitrogens with two attached hydrogens (primary N) is 1. The van der Waals surface area contributed by atoms with Gasteiger partial charge in [-0.2, -0.15) is 0 Å². The van der Waals surface area contributed by atoms with Crippen LogP contribution in [0.1, 0.15) is 49.6 Å². The molecule has 1 saturated heterocycles. The maximum absolute atomic E-state index is 12.7. The molecule has 0 saturated carbocycles. The summed E-state index contributed by atoms with van der Waals surface area (Å²) in [5.74, 6) is 7.61. The number of amides is 1. The van der Waals surface area contributed by atoms with Crippen molar-refractivity contribution in [3.05, 3.63) is 35.2 Å². The first kappa shape index (κ1) is 20.5. The number of carbonyl (C=O) groups is 1. The van der Waals surface area contributed by atoms with Crippen LogP contribution in [0.5, 0.6) is 5.75 Å². The number of nitrogens with zero attached hydrogens (tertiary/aromatic N) is 4. The molecule has 1 amide bonds. The summed E-state index contributed by atoms with van der Waals surface area (Å²) in [4.78, 5) is 14.7. The zero-order chi connectivity index (χ0) is 20.1. The van der Waals surface area contributed by atoms with Crippen molar-refractivity contribution in [1.29, 1.82) is 0 Å². The minimum Gasteiger partial charge on any atom is -0.485 e. The van der Waals surface area contributed by atoms with Crippen LogP contribution < -0.4 is 10.6 Å². The van der Waals surface area contributed by atoms with Crippen molar-refractivity contribution in [2.75, 3.05) is 18.9 Å². The number of benzene rings is 1. The van der Waals surface area contributed by atoms with Crippen LogP contribution in [0.3, 0.4) is 0 Å². The summed E-state index contributed by atoms with van der Waals surface area (Å²) in [6, 6.07) is 6.02. The van der Waals surface area contributed by atoms with E-state index >= 15 is 0 Å². The lowest BCUT2D eigenvalue weighted by Crippen LogP contribution is -2.37. The number of carbonyl (C=O) groups excluding carboxylic acids is 1. The van der Waals surface area contributed by atoms with E-state index in [0.29, 0.717) is 11.0 Å². The van der Waals surface area contributed by atoms with Crippen molar-refractivity contribution in [3.8, 4) is 5.75 Å². The molecule has 1 aromatic heterocycles. The van der Waals surface area contributed by atoms with E-state index in [1.165, 1.54) is 34.8 Å². The van der Waals surface area contributed by atoms with E-state index in [1.807, 2.05) is 37.8 Å². The minimum atomic E-state index is -0.252. The molecule has 2 N–H and O–H groups in total. The minimum absolute atomic E-state index is 0.142. The number of aromatic nitrogens is 3. The zero-order valence-electron chi connectivity index (χ0n) is 16.9. The van der Waals surface area contributed by atoms with Crippen molar-refractivity contribution in [2.45, 2.75) is 63.5 Å². The predicted octanol–water partition coefficient (Wildman–Crippen LogP) is 3.07. The molecule has 0 spiro atoms. The highest BCUT2D eigenvalue weighted by Crippen LogP contribution is 2.24. The molecule has 28 heavy (non-hydrogen) atoms. The van der Waals surface area contributed by atoms with Crippen LogP contribution in [0.4, 0.5) is 0 Å². The van der Waals surface area contributed by atoms with E-state index in [-0.39, 0.29) is 17.8 Å². The van der Waals surface area contributed by atoms with Gasteiger partial charge >= 0.3 is 0 Å². The monoisotopic (exact) mass is 403 g/mol. The summed E-state index contributed by atoms with van der Waals surface area (Å²) in [5.41, 5.74) is 2.25. The number of hydrogen-bond donors (Lipinski definition) is 1. The van der Waals surface area contributed by atoms with Gasteiger partial charge in [-0.05, 0) is 45.2 Å². The molecular weight excluding hydrogens is 374 g/mol. The van der Waals surface area contributed by atoms with Crippen LogP contribution in [0, 0.1) is 13.8 Å². The Hall–Kier alpha value is -2.22. The lowest BCUT2D eigenvalue weighted by molar-refractivity contribution is -0.130. The van der Waals surface area contributed by atoms with E-state index in [0.717, 1.165) is 37.2 Å². The van der Waals surface area contributed by atoms with Gasteiger partial charge in [0.1, 0.15) is 12.4 Å². The summed E-state index contributed by atoms with van der Waals surface area (Å²) in [6.07, 6.45) is 4.56. The Bertz CT molecular complexity index is 815. The standard InChI is InChI=1S/C20H29N5O2S/c1-14-8-9-17(15(2)12-14)27-13-18-22-23-20(25(18)21)28-16(3)19(26)24-10-6-4-5-7-11-24/h8-9,12,16H,4-7,10-11,13,21H2,1-3H3/t16-/m0/s1. The average Bonchev–Trinajstić information content (AvgIpc) is 2.88. The molecule has 0 bridgehead atoms. The number of nitrogen functional groups attached to an aromatic ring is 1. The number of aryl methyl sites for hydroxylation is 2. The zero-order valence-corrected chi connectivity index (χ0v) is 17.7. The van der Waals surface area contributed by atoms with Gasteiger partial charge in [-0.1, -0.05) is 42.3 Å². The van der Waals surface area contributed by atoms with Crippen LogP contribution in [0.15, 0.2) is 23.4 Å². The van der Waals surface area contributed by atoms with Gasteiger partial charge in [0.05, 0.1) is 5.25 Å². The fourth-order valence-corrected chi connectivity index (χ4v) is 4.22. The predicted molar refractivity (Wildman–Crippen MR) is 111 cm³/mol. The molecular formula is C20H29N5O2S. The van der Waals surface area contributed by atoms with Gasteiger partial charge in [0.25, 0.3) is 0 Å². The van der Waals surface area contributed by atoms with Crippen molar-refractivity contribution >= 4 is 17.7 Å². The van der Waals surface area contributed by atoms with Crippen molar-refractivity contribution in [2.24, 2.45) is 0 Å². The van der Waals surface area contributed by atoms with Crippen LogP contribution in [0.2, 0.25) is 0 Å². The Morgan fingerprint density at radius 2 is 1.93 bits per heavy atom. The second-order valence-corrected chi connectivity index (χ2v) is 8.63. The third-order valence-electron chi connectivity index (χ3n) is 4.97. The normalized spacial score (nSPS) is 15.9. The largest absolute Gasteiger partial charge is 0.485 e. The molecule has 152 valence electrons. The molecule has 1 atom stereocenters. The van der Waals surface area contributed by atoms with E-state index < -0.39 is 0 Å². The third-order valence-corrected chi connectivity index (χ3v) is 6.01. The second kappa shape index (κ2) is 9.32. The van der Waals surface area contributed by atoms with Crippen LogP contribution in [-0.4, -0.2) is 44.0 Å². The molecule has 3 rings (SSSR count). The highest BCUT2D eigenvalue weighted by atomic mass is 32.2. The highest BCUT2D eigenvalue weighted by Gasteiger charge is 2.24. The molecule has 0 unspecified atom stereocenters. The van der Waals surface area contributed by atoms with Crippen molar-refractivity contribution < 1.29 is 9.53 Å². The lowest BCUT2D eigenvalue weighted by atomic mass is 10.1. The fraction of sp³-hybridized carbons (Fsp3) is 0.550. The summed E-state index contributed by atoms with van der Waals surface area (Å²) in [6.45, 7) is 7.86. The number of thioether (sulfide) groups is 1. The van der Waals surface area contributed by atoms with E-state index in [4.69, 9.17) is 10.6 Å². The Morgan fingerprint density at radius 3 is 2.61 bits per heavy atom. The van der Waals surface area contributed by atoms with Crippen molar-refractivity contribution in [3.63, 3.8) is 0 Å². The molecule has 8 heteroatoms. The van der Waals surface area contributed by atoms with E-state index in [1.54, 1.807) is 0 Å². The molecule has 0 radical (unpaired) electrons. The summed E-state index contributed by atoms with van der Waals surface area (Å²) in [7, 11) is 0. The number of ether oxygens (including phenoxy) is 1. The molecule has 1 fully saturated rings. The summed E-state index contributed by atoms with van der Waals surface area (Å²) in [5, 5.41) is 8.56. The van der Waals surface area contributed by atoms with Gasteiger partial charge in [-0.15, -0.1) is 10.2 Å². The van der Waals surface area contributed by atoms with Crippen LogP contribution in [0.25, 0.3) is 0 Å². The SMILES string of the molecule is Cc1ccc(OCc2nnc(S[C@@H](C)C(=O)N3CCCCCC3)n2N)c(C)c1. The molecule has 0 aliphatic carbocycles. The first-order chi connectivity index (χ1) is 13.5. The van der Waals surface area contributed by atoms with E-state index in [2.05, 4.69) is 16.3 Å². The second-order valence-electron chi connectivity index (χ2n) is 7.33. The maximum Gasteiger partial charge on any atom is 0.235 e. The van der Waals surface area contributed by atoms with Gasteiger partial charge in [0.15, 0.2) is 5.82 Å². The molecule has 1 aliphatic rings. The molecule has 2 aromatic rings. The number of likely N-dealkylation sites (tertiary alicyclic amines) is 1.